The summed E-state index contributed by atoms with van der Waals surface area (Å²) in [6.45, 7) is 2.80. The monoisotopic (exact) mass is 313 g/mol. The molecule has 0 radical (unpaired) electrons. The molecule has 1 aliphatic rings. The summed E-state index contributed by atoms with van der Waals surface area (Å²) in [7, 11) is -3.20. The Morgan fingerprint density at radius 3 is 2.52 bits per heavy atom. The van der Waals surface area contributed by atoms with Gasteiger partial charge in [0, 0.05) is 25.2 Å². The van der Waals surface area contributed by atoms with Crippen LogP contribution in [-0.4, -0.2) is 38.2 Å². The van der Waals surface area contributed by atoms with Crippen molar-refractivity contribution in [3.05, 3.63) is 34.4 Å². The Morgan fingerprint density at radius 2 is 1.95 bits per heavy atom. The summed E-state index contributed by atoms with van der Waals surface area (Å²) >= 11 is 0. The topological polar surface area (TPSA) is 92.6 Å². The van der Waals surface area contributed by atoms with Gasteiger partial charge >= 0.3 is 0 Å². The maximum atomic E-state index is 11.5. The third-order valence-electron chi connectivity index (χ3n) is 3.64. The number of nitro benzene ring substituents is 1. The van der Waals surface area contributed by atoms with Crippen LogP contribution >= 0.6 is 0 Å². The number of nitrogens with one attached hydrogen (secondary N) is 1. The standard InChI is InChI=1S/C13H19N3O4S/c1-2-21(19,20)14-11-7-9-15(10-8-11)12-5-3-4-6-13(12)16(17)18/h3-6,11,14H,2,7-10H2,1H3. The van der Waals surface area contributed by atoms with Gasteiger partial charge in [-0.25, -0.2) is 13.1 Å². The van der Waals surface area contributed by atoms with Gasteiger partial charge in [0.15, 0.2) is 0 Å². The van der Waals surface area contributed by atoms with Gasteiger partial charge in [-0.05, 0) is 25.8 Å². The lowest BCUT2D eigenvalue weighted by atomic mass is 10.1. The van der Waals surface area contributed by atoms with Crippen LogP contribution in [0.5, 0.6) is 0 Å². The molecular formula is C13H19N3O4S. The SMILES string of the molecule is CCS(=O)(=O)NC1CCN(c2ccccc2[N+](=O)[O-])CC1. The number of nitrogens with zero attached hydrogens (tertiary/aromatic N) is 2. The van der Waals surface area contributed by atoms with E-state index in [0.29, 0.717) is 31.6 Å². The first kappa shape index (κ1) is 15.7. The highest BCUT2D eigenvalue weighted by Crippen LogP contribution is 2.29. The third kappa shape index (κ3) is 3.92. The molecule has 0 bridgehead atoms. The van der Waals surface area contributed by atoms with Crippen molar-refractivity contribution in [2.75, 3.05) is 23.7 Å². The van der Waals surface area contributed by atoms with Gasteiger partial charge in [0.25, 0.3) is 5.69 Å². The number of hydrogen-bond acceptors (Lipinski definition) is 5. The Bertz CT molecular complexity index is 610. The van der Waals surface area contributed by atoms with Crippen molar-refractivity contribution < 1.29 is 13.3 Å². The molecule has 1 aromatic rings. The lowest BCUT2D eigenvalue weighted by Crippen LogP contribution is -2.45. The highest BCUT2D eigenvalue weighted by Gasteiger charge is 2.26. The lowest BCUT2D eigenvalue weighted by Gasteiger charge is -2.33. The molecule has 0 amide bonds. The second kappa shape index (κ2) is 6.40. The van der Waals surface area contributed by atoms with Crippen LogP contribution in [0.15, 0.2) is 24.3 Å². The van der Waals surface area contributed by atoms with Crippen LogP contribution in [0.4, 0.5) is 11.4 Å². The molecule has 7 nitrogen and oxygen atoms in total. The van der Waals surface area contributed by atoms with E-state index in [9.17, 15) is 18.5 Å². The molecule has 1 aliphatic heterocycles. The highest BCUT2D eigenvalue weighted by atomic mass is 32.2. The average Bonchev–Trinajstić information content (AvgIpc) is 2.47. The molecule has 116 valence electrons. The molecular weight excluding hydrogens is 294 g/mol. The summed E-state index contributed by atoms with van der Waals surface area (Å²) in [4.78, 5) is 12.6. The van der Waals surface area contributed by atoms with E-state index in [1.165, 1.54) is 6.07 Å². The fourth-order valence-corrected chi connectivity index (χ4v) is 3.37. The molecule has 0 aromatic heterocycles. The first-order valence-corrected chi connectivity index (χ1v) is 8.56. The molecule has 0 spiro atoms. The molecule has 1 N–H and O–H groups in total. The van der Waals surface area contributed by atoms with E-state index in [4.69, 9.17) is 0 Å². The quantitative estimate of drug-likeness (QED) is 0.657. The highest BCUT2D eigenvalue weighted by molar-refractivity contribution is 7.89. The van der Waals surface area contributed by atoms with Crippen LogP contribution in [0.3, 0.4) is 0 Å². The maximum Gasteiger partial charge on any atom is 0.292 e. The zero-order valence-electron chi connectivity index (χ0n) is 11.9. The summed E-state index contributed by atoms with van der Waals surface area (Å²) < 4.78 is 25.8. The number of nitro groups is 1. The van der Waals surface area contributed by atoms with E-state index in [1.54, 1.807) is 25.1 Å². The minimum absolute atomic E-state index is 0.0668. The summed E-state index contributed by atoms with van der Waals surface area (Å²) in [5, 5.41) is 11.0. The van der Waals surface area contributed by atoms with E-state index in [0.717, 1.165) is 0 Å². The molecule has 1 aromatic carbocycles. The number of benzene rings is 1. The normalized spacial score (nSPS) is 16.9. The molecule has 21 heavy (non-hydrogen) atoms. The Kier molecular flexibility index (Phi) is 4.79. The zero-order valence-corrected chi connectivity index (χ0v) is 12.7. The smallest absolute Gasteiger partial charge is 0.292 e. The number of piperidine rings is 1. The largest absolute Gasteiger partial charge is 0.366 e. The summed E-state index contributed by atoms with van der Waals surface area (Å²) in [6.07, 6.45) is 1.29. The van der Waals surface area contributed by atoms with Gasteiger partial charge in [-0.1, -0.05) is 12.1 Å². The Labute approximate surface area is 124 Å². The summed E-state index contributed by atoms with van der Waals surface area (Å²) in [6, 6.07) is 6.54. The third-order valence-corrected chi connectivity index (χ3v) is 5.09. The lowest BCUT2D eigenvalue weighted by molar-refractivity contribution is -0.384. The number of sulfonamides is 1. The zero-order chi connectivity index (χ0) is 15.5. The molecule has 0 aliphatic carbocycles. The Balaban J connectivity index is 2.03. The molecule has 0 unspecified atom stereocenters. The Hall–Kier alpha value is -1.67. The van der Waals surface area contributed by atoms with Crippen LogP contribution in [0.1, 0.15) is 19.8 Å². The van der Waals surface area contributed by atoms with Crippen molar-refractivity contribution in [2.45, 2.75) is 25.8 Å². The van der Waals surface area contributed by atoms with E-state index in [2.05, 4.69) is 4.72 Å². The first-order valence-electron chi connectivity index (χ1n) is 6.91. The molecule has 0 saturated carbocycles. The predicted molar refractivity (Wildman–Crippen MR) is 80.9 cm³/mol. The van der Waals surface area contributed by atoms with Crippen molar-refractivity contribution in [1.29, 1.82) is 0 Å². The van der Waals surface area contributed by atoms with E-state index in [-0.39, 0.29) is 22.4 Å². The van der Waals surface area contributed by atoms with E-state index < -0.39 is 10.0 Å². The molecule has 1 heterocycles. The van der Waals surface area contributed by atoms with Gasteiger partial charge in [-0.3, -0.25) is 10.1 Å². The van der Waals surface area contributed by atoms with Crippen LogP contribution in [0, 0.1) is 10.1 Å². The molecule has 8 heteroatoms. The number of anilines is 1. The minimum Gasteiger partial charge on any atom is -0.366 e. The van der Waals surface area contributed by atoms with Gasteiger partial charge in [0.2, 0.25) is 10.0 Å². The Morgan fingerprint density at radius 1 is 1.33 bits per heavy atom. The van der Waals surface area contributed by atoms with Crippen molar-refractivity contribution in [3.8, 4) is 0 Å². The van der Waals surface area contributed by atoms with Gasteiger partial charge < -0.3 is 4.90 Å². The number of para-hydroxylation sites is 2. The predicted octanol–water partition coefficient (Wildman–Crippen LogP) is 1.50. The average molecular weight is 313 g/mol. The number of rotatable bonds is 5. The minimum atomic E-state index is -3.20. The fraction of sp³-hybridized carbons (Fsp3) is 0.538. The van der Waals surface area contributed by atoms with Crippen molar-refractivity contribution >= 4 is 21.4 Å². The second-order valence-corrected chi connectivity index (χ2v) is 7.07. The van der Waals surface area contributed by atoms with Gasteiger partial charge in [0.05, 0.1) is 10.7 Å². The van der Waals surface area contributed by atoms with Crippen molar-refractivity contribution in [1.82, 2.24) is 4.72 Å². The van der Waals surface area contributed by atoms with Gasteiger partial charge in [-0.2, -0.15) is 0 Å². The summed E-state index contributed by atoms with van der Waals surface area (Å²) in [5.74, 6) is 0.0668. The van der Waals surface area contributed by atoms with Crippen LogP contribution in [-0.2, 0) is 10.0 Å². The fourth-order valence-electron chi connectivity index (χ4n) is 2.46. The van der Waals surface area contributed by atoms with Crippen molar-refractivity contribution in [2.24, 2.45) is 0 Å². The molecule has 0 atom stereocenters. The van der Waals surface area contributed by atoms with Gasteiger partial charge in [-0.15, -0.1) is 0 Å². The molecule has 2 rings (SSSR count). The maximum absolute atomic E-state index is 11.5. The molecule has 1 fully saturated rings. The first-order chi connectivity index (χ1) is 9.93. The van der Waals surface area contributed by atoms with E-state index >= 15 is 0 Å². The molecule has 1 saturated heterocycles. The van der Waals surface area contributed by atoms with Crippen LogP contribution < -0.4 is 9.62 Å². The van der Waals surface area contributed by atoms with Crippen molar-refractivity contribution in [3.63, 3.8) is 0 Å². The van der Waals surface area contributed by atoms with E-state index in [1.807, 2.05) is 4.90 Å². The van der Waals surface area contributed by atoms with Gasteiger partial charge in [0.1, 0.15) is 5.69 Å². The second-order valence-electron chi connectivity index (χ2n) is 5.03. The van der Waals surface area contributed by atoms with Crippen LogP contribution in [0.2, 0.25) is 0 Å². The summed E-state index contributed by atoms with van der Waals surface area (Å²) in [5.41, 5.74) is 0.685. The number of hydrogen-bond donors (Lipinski definition) is 1. The van der Waals surface area contributed by atoms with Crippen LogP contribution in [0.25, 0.3) is 0 Å².